The number of nitriles is 1. The summed E-state index contributed by atoms with van der Waals surface area (Å²) >= 11 is 5.57. The molecule has 23 heavy (non-hydrogen) atoms. The first-order valence-corrected chi connectivity index (χ1v) is 6.10. The Kier molecular flexibility index (Phi) is 4.38. The maximum Gasteiger partial charge on any atom is 0.419 e. The van der Waals surface area contributed by atoms with E-state index in [1.807, 2.05) is 0 Å². The van der Waals surface area contributed by atoms with Gasteiger partial charge in [-0.3, -0.25) is 0 Å². The molecule has 1 aromatic heterocycles. The average Bonchev–Trinajstić information content (AvgIpc) is 2.44. The van der Waals surface area contributed by atoms with Gasteiger partial charge >= 0.3 is 6.18 Å². The normalized spacial score (nSPS) is 11.2. The monoisotopic (exact) mass is 351 g/mol. The molecule has 0 saturated carbocycles. The molecule has 0 radical (unpaired) electrons. The lowest BCUT2D eigenvalue weighted by atomic mass is 10.1. The third kappa shape index (κ3) is 3.48. The highest BCUT2D eigenvalue weighted by Gasteiger charge is 2.36. The first-order valence-electron chi connectivity index (χ1n) is 5.73. The Balaban J connectivity index is 2.48. The van der Waals surface area contributed by atoms with Crippen LogP contribution in [0.2, 0.25) is 5.15 Å². The molecule has 10 heteroatoms. The van der Waals surface area contributed by atoms with Gasteiger partial charge in [-0.1, -0.05) is 11.6 Å². The van der Waals surface area contributed by atoms with Crippen LogP contribution in [0.25, 0.3) is 0 Å². The van der Waals surface area contributed by atoms with Gasteiger partial charge in [-0.15, -0.1) is 0 Å². The van der Waals surface area contributed by atoms with Crippen LogP contribution in [0.4, 0.5) is 37.8 Å². The number of halogens is 7. The highest BCUT2D eigenvalue weighted by molar-refractivity contribution is 6.30. The van der Waals surface area contributed by atoms with Crippen molar-refractivity contribution >= 4 is 23.1 Å². The van der Waals surface area contributed by atoms with Gasteiger partial charge < -0.3 is 5.32 Å². The first-order chi connectivity index (χ1) is 10.6. The molecule has 0 unspecified atom stereocenters. The van der Waals surface area contributed by atoms with Crippen LogP contribution in [0, 0.1) is 28.8 Å². The van der Waals surface area contributed by atoms with Crippen molar-refractivity contribution in [3.8, 4) is 6.07 Å². The van der Waals surface area contributed by atoms with Crippen LogP contribution in [0.1, 0.15) is 11.1 Å². The van der Waals surface area contributed by atoms with E-state index >= 15 is 0 Å². The quantitative estimate of drug-likeness (QED) is 0.625. The van der Waals surface area contributed by atoms with Crippen LogP contribution >= 0.6 is 11.6 Å². The van der Waals surface area contributed by atoms with Gasteiger partial charge in [-0.05, 0) is 12.1 Å². The molecule has 0 aliphatic heterocycles. The molecule has 1 aromatic carbocycles. The molecule has 0 bridgehead atoms. The maximum atomic E-state index is 13.7. The molecule has 0 atom stereocenters. The van der Waals surface area contributed by atoms with E-state index in [0.717, 1.165) is 0 Å². The predicted octanol–water partition coefficient (Wildman–Crippen LogP) is 4.79. The molecular weight excluding hydrogens is 348 g/mol. The van der Waals surface area contributed by atoms with Gasteiger partial charge in [-0.2, -0.15) is 18.4 Å². The van der Waals surface area contributed by atoms with Crippen LogP contribution in [0.3, 0.4) is 0 Å². The topological polar surface area (TPSA) is 48.7 Å². The minimum atomic E-state index is -5.14. The van der Waals surface area contributed by atoms with Gasteiger partial charge in [0.15, 0.2) is 23.3 Å². The smallest absolute Gasteiger partial charge is 0.338 e. The van der Waals surface area contributed by atoms with Crippen molar-refractivity contribution in [3.05, 3.63) is 51.9 Å². The second kappa shape index (κ2) is 5.96. The maximum absolute atomic E-state index is 13.7. The third-order valence-corrected chi connectivity index (χ3v) is 2.93. The second-order valence-electron chi connectivity index (χ2n) is 4.21. The summed E-state index contributed by atoms with van der Waals surface area (Å²) in [7, 11) is 0. The van der Waals surface area contributed by atoms with E-state index in [-0.39, 0.29) is 11.6 Å². The third-order valence-electron chi connectivity index (χ3n) is 2.65. The number of aromatic nitrogens is 1. The summed E-state index contributed by atoms with van der Waals surface area (Å²) in [5, 5.41) is 10.3. The lowest BCUT2D eigenvalue weighted by molar-refractivity contribution is -0.140. The molecule has 2 rings (SSSR count). The van der Waals surface area contributed by atoms with Crippen LogP contribution < -0.4 is 5.32 Å². The van der Waals surface area contributed by atoms with Crippen molar-refractivity contribution in [2.75, 3.05) is 5.32 Å². The molecule has 1 heterocycles. The Bertz CT molecular complexity index is 813. The van der Waals surface area contributed by atoms with E-state index in [9.17, 15) is 26.3 Å². The summed E-state index contributed by atoms with van der Waals surface area (Å²) < 4.78 is 78.0. The van der Waals surface area contributed by atoms with Crippen molar-refractivity contribution < 1.29 is 26.3 Å². The van der Waals surface area contributed by atoms with Crippen LogP contribution in [0.15, 0.2) is 18.2 Å². The zero-order valence-corrected chi connectivity index (χ0v) is 11.5. The van der Waals surface area contributed by atoms with Crippen molar-refractivity contribution in [1.82, 2.24) is 4.98 Å². The number of nitrogens with one attached hydrogen (secondary N) is 1. The fraction of sp³-hybridized carbons (Fsp3) is 0.0769. The molecule has 3 nitrogen and oxygen atoms in total. The predicted molar refractivity (Wildman–Crippen MR) is 68.6 cm³/mol. The van der Waals surface area contributed by atoms with Crippen molar-refractivity contribution in [2.24, 2.45) is 0 Å². The zero-order valence-electron chi connectivity index (χ0n) is 10.8. The highest BCUT2D eigenvalue weighted by Crippen LogP contribution is 2.35. The summed E-state index contributed by atoms with van der Waals surface area (Å²) in [6, 6.07) is 2.91. The number of rotatable bonds is 2. The van der Waals surface area contributed by atoms with Crippen LogP contribution in [-0.4, -0.2) is 4.98 Å². The number of hydrogen-bond donors (Lipinski definition) is 1. The molecule has 120 valence electrons. The highest BCUT2D eigenvalue weighted by atomic mass is 35.5. The summed E-state index contributed by atoms with van der Waals surface area (Å²) in [6.45, 7) is 0. The first kappa shape index (κ1) is 16.9. The largest absolute Gasteiger partial charge is 0.419 e. The molecule has 0 saturated heterocycles. The zero-order chi connectivity index (χ0) is 17.4. The summed E-state index contributed by atoms with van der Waals surface area (Å²) in [6.07, 6.45) is -5.14. The molecule has 0 amide bonds. The summed E-state index contributed by atoms with van der Waals surface area (Å²) in [5.41, 5.74) is -2.75. The fourth-order valence-corrected chi connectivity index (χ4v) is 1.82. The Hall–Kier alpha value is -2.47. The Labute approximate surface area is 130 Å². The van der Waals surface area contributed by atoms with Crippen molar-refractivity contribution in [3.63, 3.8) is 0 Å². The van der Waals surface area contributed by atoms with Gasteiger partial charge in [0, 0.05) is 11.8 Å². The Morgan fingerprint density at radius 3 is 2.30 bits per heavy atom. The van der Waals surface area contributed by atoms with Crippen molar-refractivity contribution in [2.45, 2.75) is 6.18 Å². The van der Waals surface area contributed by atoms with Gasteiger partial charge in [0.05, 0.1) is 11.1 Å². The Morgan fingerprint density at radius 2 is 1.74 bits per heavy atom. The fourth-order valence-electron chi connectivity index (χ4n) is 1.64. The van der Waals surface area contributed by atoms with E-state index in [4.69, 9.17) is 16.9 Å². The summed E-state index contributed by atoms with van der Waals surface area (Å²) in [5.74, 6) is -5.60. The number of benzene rings is 1. The van der Waals surface area contributed by atoms with Gasteiger partial charge in [0.2, 0.25) is 0 Å². The SMILES string of the molecule is N#Cc1cc(F)c(Nc2cc(F)c(F)c(C(F)(F)F)c2)nc1Cl. The lowest BCUT2D eigenvalue weighted by Crippen LogP contribution is -2.11. The van der Waals surface area contributed by atoms with E-state index in [2.05, 4.69) is 10.3 Å². The lowest BCUT2D eigenvalue weighted by Gasteiger charge is -2.13. The number of alkyl halides is 3. The number of nitrogens with zero attached hydrogens (tertiary/aromatic N) is 2. The molecule has 0 aliphatic carbocycles. The van der Waals surface area contributed by atoms with Crippen LogP contribution in [-0.2, 0) is 6.18 Å². The number of hydrogen-bond acceptors (Lipinski definition) is 3. The van der Waals surface area contributed by atoms with Gasteiger partial charge in [-0.25, -0.2) is 18.2 Å². The second-order valence-corrected chi connectivity index (χ2v) is 4.57. The van der Waals surface area contributed by atoms with E-state index < -0.39 is 45.8 Å². The standard InChI is InChI=1S/C13H4ClF6N3/c14-11-5(4-21)1-9(16)12(23-11)22-6-2-7(13(18,19)20)10(17)8(15)3-6/h1-3H,(H,22,23). The minimum absolute atomic E-state index is 0.256. The summed E-state index contributed by atoms with van der Waals surface area (Å²) in [4.78, 5) is 3.44. The number of anilines is 2. The molecule has 1 N–H and O–H groups in total. The van der Waals surface area contributed by atoms with E-state index in [0.29, 0.717) is 12.1 Å². The van der Waals surface area contributed by atoms with Gasteiger partial charge in [0.1, 0.15) is 11.2 Å². The molecule has 0 aliphatic rings. The molecule has 2 aromatic rings. The van der Waals surface area contributed by atoms with E-state index in [1.54, 1.807) is 6.07 Å². The van der Waals surface area contributed by atoms with Crippen molar-refractivity contribution in [1.29, 1.82) is 5.26 Å². The molecule has 0 spiro atoms. The minimum Gasteiger partial charge on any atom is -0.338 e. The molecular formula is C13H4ClF6N3. The average molecular weight is 352 g/mol. The van der Waals surface area contributed by atoms with E-state index in [1.165, 1.54) is 0 Å². The Morgan fingerprint density at radius 1 is 1.09 bits per heavy atom. The molecule has 0 fully saturated rings. The van der Waals surface area contributed by atoms with Gasteiger partial charge in [0.25, 0.3) is 0 Å². The number of pyridine rings is 1. The van der Waals surface area contributed by atoms with Crippen LogP contribution in [0.5, 0.6) is 0 Å².